The summed E-state index contributed by atoms with van der Waals surface area (Å²) < 4.78 is 2.03. The van der Waals surface area contributed by atoms with Crippen molar-refractivity contribution in [3.05, 3.63) is 18.2 Å². The molecule has 16 heavy (non-hydrogen) atoms. The van der Waals surface area contributed by atoms with E-state index in [-0.39, 0.29) is 0 Å². The molecular weight excluding hydrogens is 200 g/mol. The molecule has 0 bridgehead atoms. The highest BCUT2D eigenvalue weighted by Crippen LogP contribution is 2.27. The molecule has 0 saturated carbocycles. The summed E-state index contributed by atoms with van der Waals surface area (Å²) in [5.41, 5.74) is 0. The summed E-state index contributed by atoms with van der Waals surface area (Å²) in [7, 11) is 0. The predicted molar refractivity (Wildman–Crippen MR) is 66.2 cm³/mol. The molecule has 0 spiro atoms. The fraction of sp³-hybridized carbons (Fsp3) is 0.769. The number of hydrogen-bond donors (Lipinski definition) is 1. The number of aromatic nitrogens is 2. The quantitative estimate of drug-likeness (QED) is 0.772. The lowest BCUT2D eigenvalue weighted by Gasteiger charge is -2.21. The van der Waals surface area contributed by atoms with Crippen molar-refractivity contribution in [3.8, 4) is 0 Å². The second-order valence-electron chi connectivity index (χ2n) is 4.33. The highest BCUT2D eigenvalue weighted by molar-refractivity contribution is 4.98. The molecule has 0 amide bonds. The molecule has 0 aliphatic carbocycles. The molecular formula is C13H24N2O. The summed E-state index contributed by atoms with van der Waals surface area (Å²) >= 11 is 0. The maximum atomic E-state index is 10.3. The molecule has 1 rings (SSSR count). The molecule has 1 aromatic rings. The van der Waals surface area contributed by atoms with Crippen LogP contribution in [0.3, 0.4) is 0 Å². The van der Waals surface area contributed by atoms with Gasteiger partial charge in [-0.15, -0.1) is 0 Å². The van der Waals surface area contributed by atoms with Gasteiger partial charge in [0, 0.05) is 18.9 Å². The molecule has 0 aliphatic heterocycles. The van der Waals surface area contributed by atoms with Crippen molar-refractivity contribution < 1.29 is 5.11 Å². The Morgan fingerprint density at radius 1 is 1.38 bits per heavy atom. The van der Waals surface area contributed by atoms with Crippen LogP contribution in [-0.4, -0.2) is 14.7 Å². The monoisotopic (exact) mass is 224 g/mol. The molecule has 3 nitrogen and oxygen atoms in total. The molecule has 0 fully saturated rings. The first-order valence-corrected chi connectivity index (χ1v) is 6.43. The van der Waals surface area contributed by atoms with Gasteiger partial charge in [-0.3, -0.25) is 0 Å². The average molecular weight is 224 g/mol. The van der Waals surface area contributed by atoms with Crippen LogP contribution in [-0.2, 0) is 6.54 Å². The van der Waals surface area contributed by atoms with E-state index >= 15 is 0 Å². The zero-order valence-corrected chi connectivity index (χ0v) is 10.7. The zero-order chi connectivity index (χ0) is 12.0. The third kappa shape index (κ3) is 3.08. The first-order chi connectivity index (χ1) is 7.74. The first-order valence-electron chi connectivity index (χ1n) is 6.43. The van der Waals surface area contributed by atoms with Crippen LogP contribution in [0.4, 0.5) is 0 Å². The third-order valence-electron chi connectivity index (χ3n) is 3.25. The fourth-order valence-corrected chi connectivity index (χ4v) is 2.12. The van der Waals surface area contributed by atoms with Crippen molar-refractivity contribution in [3.63, 3.8) is 0 Å². The summed E-state index contributed by atoms with van der Waals surface area (Å²) in [4.78, 5) is 4.28. The van der Waals surface area contributed by atoms with Gasteiger partial charge in [-0.1, -0.05) is 33.1 Å². The van der Waals surface area contributed by atoms with E-state index < -0.39 is 6.10 Å². The van der Waals surface area contributed by atoms with Gasteiger partial charge in [0.05, 0.1) is 0 Å². The summed E-state index contributed by atoms with van der Waals surface area (Å²) in [6.45, 7) is 7.27. The van der Waals surface area contributed by atoms with Crippen LogP contribution < -0.4 is 0 Å². The van der Waals surface area contributed by atoms with Gasteiger partial charge in [0.1, 0.15) is 11.9 Å². The van der Waals surface area contributed by atoms with Crippen LogP contribution in [0, 0.1) is 5.92 Å². The molecule has 1 aromatic heterocycles. The minimum absolute atomic E-state index is 0.340. The van der Waals surface area contributed by atoms with Crippen LogP contribution >= 0.6 is 0 Å². The van der Waals surface area contributed by atoms with Crippen molar-refractivity contribution in [2.45, 2.75) is 59.1 Å². The molecule has 92 valence electrons. The van der Waals surface area contributed by atoms with Crippen LogP contribution in [0.1, 0.15) is 58.4 Å². The number of imidazole rings is 1. The normalized spacial score (nSPS) is 15.0. The topological polar surface area (TPSA) is 38.1 Å². The largest absolute Gasteiger partial charge is 0.385 e. The van der Waals surface area contributed by atoms with Gasteiger partial charge in [0.15, 0.2) is 0 Å². The number of nitrogens with zero attached hydrogens (tertiary/aromatic N) is 2. The Kier molecular flexibility index (Phi) is 5.53. The van der Waals surface area contributed by atoms with Gasteiger partial charge in [-0.25, -0.2) is 4.98 Å². The van der Waals surface area contributed by atoms with E-state index in [1.165, 1.54) is 12.8 Å². The lowest BCUT2D eigenvalue weighted by atomic mass is 9.93. The number of aliphatic hydroxyl groups excluding tert-OH is 1. The molecule has 2 atom stereocenters. The van der Waals surface area contributed by atoms with Crippen molar-refractivity contribution in [2.24, 2.45) is 5.92 Å². The number of hydrogen-bond acceptors (Lipinski definition) is 2. The predicted octanol–water partition coefficient (Wildman–Crippen LogP) is 3.15. The van der Waals surface area contributed by atoms with Crippen LogP contribution in [0.25, 0.3) is 0 Å². The SMILES string of the molecule is CCCCC(CC)C(O)c1nccn1CC. The summed E-state index contributed by atoms with van der Waals surface area (Å²) in [5, 5.41) is 10.3. The Morgan fingerprint density at radius 3 is 2.69 bits per heavy atom. The van der Waals surface area contributed by atoms with Crippen LogP contribution in [0.15, 0.2) is 12.4 Å². The Labute approximate surface area is 98.5 Å². The summed E-state index contributed by atoms with van der Waals surface area (Å²) in [5.74, 6) is 1.16. The van der Waals surface area contributed by atoms with Crippen molar-refractivity contribution in [2.75, 3.05) is 0 Å². The van der Waals surface area contributed by atoms with Gasteiger partial charge in [-0.05, 0) is 19.3 Å². The van der Waals surface area contributed by atoms with E-state index in [1.807, 2.05) is 10.8 Å². The number of aryl methyl sites for hydroxylation is 1. The van der Waals surface area contributed by atoms with Gasteiger partial charge in [0.25, 0.3) is 0 Å². The molecule has 0 aliphatic rings. The standard InChI is InChI=1S/C13H24N2O/c1-4-7-8-11(5-2)12(16)13-14-9-10-15(13)6-3/h9-12,16H,4-8H2,1-3H3. The first kappa shape index (κ1) is 13.2. The van der Waals surface area contributed by atoms with E-state index in [2.05, 4.69) is 25.8 Å². The smallest absolute Gasteiger partial charge is 0.137 e. The van der Waals surface area contributed by atoms with E-state index in [1.54, 1.807) is 6.20 Å². The molecule has 0 aromatic carbocycles. The Bertz CT molecular complexity index is 296. The van der Waals surface area contributed by atoms with Crippen LogP contribution in [0.5, 0.6) is 0 Å². The average Bonchev–Trinajstić information content (AvgIpc) is 2.77. The highest BCUT2D eigenvalue weighted by atomic mass is 16.3. The van der Waals surface area contributed by atoms with Crippen LogP contribution in [0.2, 0.25) is 0 Å². The van der Waals surface area contributed by atoms with E-state index in [4.69, 9.17) is 0 Å². The van der Waals surface area contributed by atoms with Gasteiger partial charge in [-0.2, -0.15) is 0 Å². The molecule has 2 unspecified atom stereocenters. The van der Waals surface area contributed by atoms with E-state index in [0.29, 0.717) is 5.92 Å². The highest BCUT2D eigenvalue weighted by Gasteiger charge is 2.22. The molecule has 1 N–H and O–H groups in total. The van der Waals surface area contributed by atoms with Gasteiger partial charge < -0.3 is 9.67 Å². The Hall–Kier alpha value is -0.830. The van der Waals surface area contributed by atoms with E-state index in [0.717, 1.165) is 25.2 Å². The fourth-order valence-electron chi connectivity index (χ4n) is 2.12. The number of aliphatic hydroxyl groups is 1. The van der Waals surface area contributed by atoms with Gasteiger partial charge >= 0.3 is 0 Å². The lowest BCUT2D eigenvalue weighted by Crippen LogP contribution is -2.16. The summed E-state index contributed by atoms with van der Waals surface area (Å²) in [6.07, 6.45) is 7.77. The maximum Gasteiger partial charge on any atom is 0.137 e. The summed E-state index contributed by atoms with van der Waals surface area (Å²) in [6, 6.07) is 0. The third-order valence-corrected chi connectivity index (χ3v) is 3.25. The van der Waals surface area contributed by atoms with E-state index in [9.17, 15) is 5.11 Å². The minimum atomic E-state index is -0.411. The Morgan fingerprint density at radius 2 is 2.12 bits per heavy atom. The lowest BCUT2D eigenvalue weighted by molar-refractivity contribution is 0.0873. The van der Waals surface area contributed by atoms with Crippen molar-refractivity contribution >= 4 is 0 Å². The second-order valence-corrected chi connectivity index (χ2v) is 4.33. The molecule has 3 heteroatoms. The van der Waals surface area contributed by atoms with Crippen molar-refractivity contribution in [1.82, 2.24) is 9.55 Å². The maximum absolute atomic E-state index is 10.3. The minimum Gasteiger partial charge on any atom is -0.385 e. The molecule has 1 heterocycles. The zero-order valence-electron chi connectivity index (χ0n) is 10.7. The van der Waals surface area contributed by atoms with Crippen molar-refractivity contribution in [1.29, 1.82) is 0 Å². The van der Waals surface area contributed by atoms with Gasteiger partial charge in [0.2, 0.25) is 0 Å². The second kappa shape index (κ2) is 6.69. The molecule has 0 saturated heterocycles. The molecule has 0 radical (unpaired) electrons. The Balaban J connectivity index is 2.70. The number of unbranched alkanes of at least 4 members (excludes halogenated alkanes) is 1. The number of rotatable bonds is 7.